The lowest BCUT2D eigenvalue weighted by Crippen LogP contribution is -2.41. The zero-order chi connectivity index (χ0) is 14.5. The summed E-state index contributed by atoms with van der Waals surface area (Å²) < 4.78 is 0. The molecule has 0 aromatic carbocycles. The number of nitrogens with one attached hydrogen (secondary N) is 1. The summed E-state index contributed by atoms with van der Waals surface area (Å²) in [5.74, 6) is -1.24. The number of rotatable bonds is 12. The second-order valence-electron chi connectivity index (χ2n) is 4.98. The highest BCUT2D eigenvalue weighted by atomic mass is 16.4. The normalized spacial score (nSPS) is 12.1. The first-order valence-electron chi connectivity index (χ1n) is 7.33. The minimum absolute atomic E-state index is 0.0000507. The van der Waals surface area contributed by atoms with Gasteiger partial charge in [-0.1, -0.05) is 51.9 Å². The zero-order valence-electron chi connectivity index (χ0n) is 12.0. The highest BCUT2D eigenvalue weighted by Crippen LogP contribution is 2.08. The molecule has 0 aliphatic heterocycles. The van der Waals surface area contributed by atoms with Crippen molar-refractivity contribution in [1.29, 1.82) is 0 Å². The van der Waals surface area contributed by atoms with Crippen molar-refractivity contribution in [3.8, 4) is 0 Å². The summed E-state index contributed by atoms with van der Waals surface area (Å²) >= 11 is 0. The van der Waals surface area contributed by atoms with E-state index in [0.29, 0.717) is 0 Å². The first-order valence-corrected chi connectivity index (χ1v) is 7.33. The van der Waals surface area contributed by atoms with Crippen molar-refractivity contribution in [3.05, 3.63) is 0 Å². The quantitative estimate of drug-likeness (QED) is 0.376. The van der Waals surface area contributed by atoms with Gasteiger partial charge >= 0.3 is 5.97 Å². The Morgan fingerprint density at radius 2 is 1.63 bits per heavy atom. The van der Waals surface area contributed by atoms with Gasteiger partial charge in [-0.3, -0.25) is 9.59 Å². The smallest absolute Gasteiger partial charge is 0.303 e. The van der Waals surface area contributed by atoms with Crippen LogP contribution in [0, 0.1) is 0 Å². The number of hydrogen-bond donors (Lipinski definition) is 3. The van der Waals surface area contributed by atoms with Gasteiger partial charge in [-0.2, -0.15) is 0 Å². The van der Waals surface area contributed by atoms with E-state index in [0.717, 1.165) is 19.3 Å². The molecule has 1 amide bonds. The molecule has 0 saturated carbocycles. The summed E-state index contributed by atoms with van der Waals surface area (Å²) in [6.07, 6.45) is 8.77. The summed E-state index contributed by atoms with van der Waals surface area (Å²) in [5, 5.41) is 11.1. The molecule has 0 heterocycles. The van der Waals surface area contributed by atoms with E-state index in [2.05, 4.69) is 12.2 Å². The van der Waals surface area contributed by atoms with Gasteiger partial charge in [0.1, 0.15) is 0 Å². The van der Waals surface area contributed by atoms with Crippen LogP contribution in [0.1, 0.15) is 71.1 Å². The van der Waals surface area contributed by atoms with E-state index >= 15 is 0 Å². The van der Waals surface area contributed by atoms with Crippen LogP contribution in [0.5, 0.6) is 0 Å². The van der Waals surface area contributed by atoms with Crippen LogP contribution in [0.2, 0.25) is 0 Å². The maximum Gasteiger partial charge on any atom is 0.303 e. The molecule has 1 unspecified atom stereocenters. The van der Waals surface area contributed by atoms with Crippen molar-refractivity contribution >= 4 is 11.9 Å². The van der Waals surface area contributed by atoms with Gasteiger partial charge in [-0.25, -0.2) is 0 Å². The van der Waals surface area contributed by atoms with Crippen molar-refractivity contribution < 1.29 is 14.7 Å². The van der Waals surface area contributed by atoms with E-state index < -0.39 is 5.97 Å². The van der Waals surface area contributed by atoms with Crippen LogP contribution in [0.3, 0.4) is 0 Å². The molecule has 0 aliphatic carbocycles. The van der Waals surface area contributed by atoms with E-state index in [1.807, 2.05) is 0 Å². The minimum atomic E-state index is -0.962. The fraction of sp³-hybridized carbons (Fsp3) is 0.857. The Hall–Kier alpha value is -1.10. The Kier molecular flexibility index (Phi) is 11.3. The van der Waals surface area contributed by atoms with E-state index in [-0.39, 0.29) is 24.9 Å². The Balaban J connectivity index is 3.40. The van der Waals surface area contributed by atoms with Crippen molar-refractivity contribution in [2.24, 2.45) is 5.73 Å². The number of amides is 1. The molecular formula is C14H28N2O3. The largest absolute Gasteiger partial charge is 0.481 e. The van der Waals surface area contributed by atoms with Gasteiger partial charge in [0.15, 0.2) is 0 Å². The third-order valence-electron chi connectivity index (χ3n) is 3.03. The molecule has 1 atom stereocenters. The number of carboxylic acid groups (broad SMARTS) is 1. The molecule has 0 saturated heterocycles. The third kappa shape index (κ3) is 13.1. The SMILES string of the molecule is CCCCCCCCCC(N)NC(=O)CCC(=O)O. The number of carboxylic acids is 1. The maximum absolute atomic E-state index is 11.3. The Morgan fingerprint density at radius 3 is 2.21 bits per heavy atom. The molecular weight excluding hydrogens is 244 g/mol. The Labute approximate surface area is 115 Å². The van der Waals surface area contributed by atoms with E-state index in [9.17, 15) is 9.59 Å². The molecule has 0 rings (SSSR count). The summed E-state index contributed by atoms with van der Waals surface area (Å²) in [7, 11) is 0. The molecule has 19 heavy (non-hydrogen) atoms. The summed E-state index contributed by atoms with van der Waals surface area (Å²) in [6, 6.07) is 0. The van der Waals surface area contributed by atoms with E-state index in [4.69, 9.17) is 10.8 Å². The van der Waals surface area contributed by atoms with Crippen molar-refractivity contribution in [2.45, 2.75) is 77.3 Å². The first-order chi connectivity index (χ1) is 9.06. The molecule has 5 nitrogen and oxygen atoms in total. The summed E-state index contributed by atoms with van der Waals surface area (Å²) in [5.41, 5.74) is 5.76. The van der Waals surface area contributed by atoms with Gasteiger partial charge in [-0.15, -0.1) is 0 Å². The fourth-order valence-corrected chi connectivity index (χ4v) is 1.89. The first kappa shape index (κ1) is 17.9. The van der Waals surface area contributed by atoms with Crippen LogP contribution in [0.25, 0.3) is 0 Å². The predicted molar refractivity (Wildman–Crippen MR) is 75.6 cm³/mol. The van der Waals surface area contributed by atoms with Gasteiger partial charge < -0.3 is 16.2 Å². The standard InChI is InChI=1S/C14H28N2O3/c1-2-3-4-5-6-7-8-9-12(15)16-13(17)10-11-14(18)19/h12H,2-11,15H2,1H3,(H,16,17)(H,18,19). The predicted octanol–water partition coefficient (Wildman–Crippen LogP) is 2.39. The molecule has 0 aromatic rings. The topological polar surface area (TPSA) is 92.4 Å². The molecule has 0 aliphatic rings. The number of hydrogen-bond acceptors (Lipinski definition) is 3. The zero-order valence-corrected chi connectivity index (χ0v) is 12.0. The van der Waals surface area contributed by atoms with Crippen molar-refractivity contribution in [3.63, 3.8) is 0 Å². The third-order valence-corrected chi connectivity index (χ3v) is 3.03. The van der Waals surface area contributed by atoms with Gasteiger partial charge in [0, 0.05) is 6.42 Å². The average molecular weight is 272 g/mol. The number of carbonyl (C=O) groups excluding carboxylic acids is 1. The number of nitrogens with two attached hydrogens (primary N) is 1. The lowest BCUT2D eigenvalue weighted by molar-refractivity contribution is -0.138. The molecule has 5 heteroatoms. The average Bonchev–Trinajstić information content (AvgIpc) is 2.35. The molecule has 0 aromatic heterocycles. The molecule has 0 radical (unpaired) electrons. The Bertz CT molecular complexity index is 257. The van der Waals surface area contributed by atoms with Crippen molar-refractivity contribution in [2.75, 3.05) is 0 Å². The van der Waals surface area contributed by atoms with Crippen LogP contribution >= 0.6 is 0 Å². The van der Waals surface area contributed by atoms with E-state index in [1.54, 1.807) is 0 Å². The van der Waals surface area contributed by atoms with Crippen molar-refractivity contribution in [1.82, 2.24) is 5.32 Å². The molecule has 4 N–H and O–H groups in total. The maximum atomic E-state index is 11.3. The number of unbranched alkanes of at least 4 members (excludes halogenated alkanes) is 6. The summed E-state index contributed by atoms with van der Waals surface area (Å²) in [6.45, 7) is 2.20. The number of aliphatic carboxylic acids is 1. The molecule has 0 fully saturated rings. The van der Waals surface area contributed by atoms with Gasteiger partial charge in [-0.05, 0) is 6.42 Å². The lowest BCUT2D eigenvalue weighted by atomic mass is 10.1. The van der Waals surface area contributed by atoms with Crippen LogP contribution in [0.4, 0.5) is 0 Å². The number of carbonyl (C=O) groups is 2. The highest BCUT2D eigenvalue weighted by molar-refractivity contribution is 5.80. The lowest BCUT2D eigenvalue weighted by Gasteiger charge is -2.13. The summed E-state index contributed by atoms with van der Waals surface area (Å²) in [4.78, 5) is 21.6. The highest BCUT2D eigenvalue weighted by Gasteiger charge is 2.09. The minimum Gasteiger partial charge on any atom is -0.481 e. The molecule has 112 valence electrons. The van der Waals surface area contributed by atoms with E-state index in [1.165, 1.54) is 32.1 Å². The monoisotopic (exact) mass is 272 g/mol. The van der Waals surface area contributed by atoms with Crippen LogP contribution in [0.15, 0.2) is 0 Å². The van der Waals surface area contributed by atoms with Crippen LogP contribution in [-0.4, -0.2) is 23.1 Å². The van der Waals surface area contributed by atoms with Gasteiger partial charge in [0.05, 0.1) is 12.6 Å². The molecule has 0 bridgehead atoms. The van der Waals surface area contributed by atoms with Gasteiger partial charge in [0.25, 0.3) is 0 Å². The second-order valence-corrected chi connectivity index (χ2v) is 4.98. The second kappa shape index (κ2) is 12.0. The van der Waals surface area contributed by atoms with Crippen LogP contribution < -0.4 is 11.1 Å². The van der Waals surface area contributed by atoms with Crippen LogP contribution in [-0.2, 0) is 9.59 Å². The van der Waals surface area contributed by atoms with Gasteiger partial charge in [0.2, 0.25) is 5.91 Å². The fourth-order valence-electron chi connectivity index (χ4n) is 1.89. The molecule has 0 spiro atoms. The Morgan fingerprint density at radius 1 is 1.05 bits per heavy atom.